The number of anilines is 1. The number of para-hydroxylation sites is 1. The van der Waals surface area contributed by atoms with E-state index in [1.807, 2.05) is 6.07 Å². The number of benzene rings is 1. The first-order chi connectivity index (χ1) is 10.6. The number of nitrogens with one attached hydrogen (secondary N) is 2. The minimum absolute atomic E-state index is 0.0286. The molecule has 0 radical (unpaired) electrons. The molecular weight excluding hydrogens is 286 g/mol. The van der Waals surface area contributed by atoms with Gasteiger partial charge in [-0.3, -0.25) is 0 Å². The van der Waals surface area contributed by atoms with Crippen molar-refractivity contribution < 1.29 is 14.3 Å². The van der Waals surface area contributed by atoms with E-state index in [4.69, 9.17) is 5.26 Å². The summed E-state index contributed by atoms with van der Waals surface area (Å²) in [4.78, 5) is 27.4. The minimum atomic E-state index is -0.682. The molecule has 22 heavy (non-hydrogen) atoms. The number of rotatable bonds is 3. The molecule has 0 spiro atoms. The van der Waals surface area contributed by atoms with Crippen LogP contribution in [0.1, 0.15) is 22.0 Å². The molecule has 1 aromatic carbocycles. The molecule has 0 saturated carbocycles. The highest BCUT2D eigenvalue weighted by atomic mass is 16.5. The van der Waals surface area contributed by atoms with Crippen LogP contribution in [0.25, 0.3) is 0 Å². The zero-order valence-electron chi connectivity index (χ0n) is 12.0. The van der Waals surface area contributed by atoms with E-state index in [0.717, 1.165) is 4.68 Å². The summed E-state index contributed by atoms with van der Waals surface area (Å²) in [6.45, 7) is 1.54. The summed E-state index contributed by atoms with van der Waals surface area (Å²) in [7, 11) is 1.21. The molecular formula is C14H13N5O3. The van der Waals surface area contributed by atoms with Crippen LogP contribution in [0.15, 0.2) is 30.3 Å². The van der Waals surface area contributed by atoms with Crippen LogP contribution in [-0.4, -0.2) is 28.8 Å². The number of aromatic nitrogens is 2. The van der Waals surface area contributed by atoms with Gasteiger partial charge in [0.2, 0.25) is 5.82 Å². The fourth-order valence-electron chi connectivity index (χ4n) is 1.79. The van der Waals surface area contributed by atoms with Crippen molar-refractivity contribution in [3.05, 3.63) is 47.5 Å². The number of hydrogen-bond donors (Lipinski definition) is 2. The number of urea groups is 1. The normalized spacial score (nSPS) is 9.68. The summed E-state index contributed by atoms with van der Waals surface area (Å²) < 4.78 is 5.71. The van der Waals surface area contributed by atoms with Crippen molar-refractivity contribution in [3.63, 3.8) is 0 Å². The molecule has 0 unspecified atom stereocenters. The second-order valence-electron chi connectivity index (χ2n) is 4.24. The van der Waals surface area contributed by atoms with Gasteiger partial charge in [-0.1, -0.05) is 18.2 Å². The van der Waals surface area contributed by atoms with Crippen LogP contribution in [0.2, 0.25) is 0 Å². The number of ether oxygens (including phenoxy) is 1. The van der Waals surface area contributed by atoms with Crippen molar-refractivity contribution in [3.8, 4) is 6.07 Å². The second kappa shape index (κ2) is 6.41. The Labute approximate surface area is 126 Å². The number of esters is 1. The lowest BCUT2D eigenvalue weighted by Gasteiger charge is -2.10. The van der Waals surface area contributed by atoms with Crippen LogP contribution in [0, 0.1) is 18.3 Å². The molecule has 0 bridgehead atoms. The molecule has 8 nitrogen and oxygen atoms in total. The Balaban J connectivity index is 2.22. The summed E-state index contributed by atoms with van der Waals surface area (Å²) in [6.07, 6.45) is 0. The Bertz CT molecular complexity index is 746. The first-order valence-electron chi connectivity index (χ1n) is 6.27. The second-order valence-corrected chi connectivity index (χ2v) is 4.24. The molecule has 0 aliphatic rings. The summed E-state index contributed by atoms with van der Waals surface area (Å²) in [5.74, 6) is -0.806. The van der Waals surface area contributed by atoms with Crippen LogP contribution in [0.4, 0.5) is 10.5 Å². The number of imidazole rings is 1. The van der Waals surface area contributed by atoms with Crippen molar-refractivity contribution in [1.82, 2.24) is 9.66 Å². The van der Waals surface area contributed by atoms with Crippen LogP contribution in [0.3, 0.4) is 0 Å². The van der Waals surface area contributed by atoms with Gasteiger partial charge in [-0.05, 0) is 19.1 Å². The van der Waals surface area contributed by atoms with Gasteiger partial charge in [-0.15, -0.1) is 0 Å². The zero-order valence-corrected chi connectivity index (χ0v) is 12.0. The van der Waals surface area contributed by atoms with E-state index in [9.17, 15) is 9.59 Å². The third-order valence-corrected chi connectivity index (χ3v) is 2.83. The monoisotopic (exact) mass is 299 g/mol. The van der Waals surface area contributed by atoms with Crippen LogP contribution >= 0.6 is 0 Å². The van der Waals surface area contributed by atoms with Crippen LogP contribution in [-0.2, 0) is 4.74 Å². The van der Waals surface area contributed by atoms with Crippen molar-refractivity contribution >= 4 is 17.7 Å². The fourth-order valence-corrected chi connectivity index (χ4v) is 1.79. The average Bonchev–Trinajstić information content (AvgIpc) is 2.84. The van der Waals surface area contributed by atoms with E-state index in [1.165, 1.54) is 7.11 Å². The highest BCUT2D eigenvalue weighted by Gasteiger charge is 2.21. The van der Waals surface area contributed by atoms with Gasteiger partial charge in [0.05, 0.1) is 12.8 Å². The summed E-state index contributed by atoms with van der Waals surface area (Å²) in [6, 6.07) is 10.0. The molecule has 1 heterocycles. The highest BCUT2D eigenvalue weighted by molar-refractivity contribution is 5.95. The topological polar surface area (TPSA) is 109 Å². The molecule has 8 heteroatoms. The van der Waals surface area contributed by atoms with Gasteiger partial charge < -0.3 is 10.1 Å². The third kappa shape index (κ3) is 3.04. The van der Waals surface area contributed by atoms with E-state index >= 15 is 0 Å². The molecule has 112 valence electrons. The first kappa shape index (κ1) is 15.1. The van der Waals surface area contributed by atoms with E-state index in [2.05, 4.69) is 20.5 Å². The average molecular weight is 299 g/mol. The molecule has 2 amide bonds. The molecule has 0 aliphatic heterocycles. The van der Waals surface area contributed by atoms with Gasteiger partial charge in [0.25, 0.3) is 0 Å². The van der Waals surface area contributed by atoms with Gasteiger partial charge in [0, 0.05) is 5.69 Å². The molecule has 0 aliphatic carbocycles. The lowest BCUT2D eigenvalue weighted by Crippen LogP contribution is -2.29. The van der Waals surface area contributed by atoms with E-state index in [-0.39, 0.29) is 11.5 Å². The SMILES string of the molecule is COC(=O)c1nc(C#N)n(NC(=O)Nc2ccccc2)c1C. The maximum Gasteiger partial charge on any atom is 0.358 e. The van der Waals surface area contributed by atoms with Gasteiger partial charge in [0.1, 0.15) is 6.07 Å². The van der Waals surface area contributed by atoms with Crippen molar-refractivity contribution in [2.45, 2.75) is 6.92 Å². The van der Waals surface area contributed by atoms with E-state index in [0.29, 0.717) is 11.4 Å². The molecule has 2 aromatic rings. The van der Waals surface area contributed by atoms with Gasteiger partial charge in [-0.2, -0.15) is 5.26 Å². The maximum absolute atomic E-state index is 12.0. The Morgan fingerprint density at radius 3 is 2.59 bits per heavy atom. The summed E-state index contributed by atoms with van der Waals surface area (Å²) in [5.41, 5.74) is 3.31. The molecule has 0 fully saturated rings. The number of carbonyl (C=O) groups excluding carboxylic acids is 2. The lowest BCUT2D eigenvalue weighted by atomic mass is 10.3. The Hall–Kier alpha value is -3.34. The van der Waals surface area contributed by atoms with Crippen LogP contribution in [0.5, 0.6) is 0 Å². The van der Waals surface area contributed by atoms with E-state index in [1.54, 1.807) is 37.3 Å². The zero-order chi connectivity index (χ0) is 16.1. The molecule has 2 N–H and O–H groups in total. The number of hydrogen-bond acceptors (Lipinski definition) is 5. The maximum atomic E-state index is 12.0. The number of nitriles is 1. The molecule has 0 atom stereocenters. The summed E-state index contributed by atoms with van der Waals surface area (Å²) >= 11 is 0. The predicted octanol–water partition coefficient (Wildman–Crippen LogP) is 1.63. The van der Waals surface area contributed by atoms with Gasteiger partial charge >= 0.3 is 12.0 Å². The number of nitrogens with zero attached hydrogens (tertiary/aromatic N) is 3. The number of methoxy groups -OCH3 is 1. The quantitative estimate of drug-likeness (QED) is 0.837. The Morgan fingerprint density at radius 1 is 1.32 bits per heavy atom. The molecule has 1 aromatic heterocycles. The predicted molar refractivity (Wildman–Crippen MR) is 77.8 cm³/mol. The minimum Gasteiger partial charge on any atom is -0.464 e. The van der Waals surface area contributed by atoms with Crippen molar-refractivity contribution in [2.24, 2.45) is 0 Å². The van der Waals surface area contributed by atoms with Crippen molar-refractivity contribution in [1.29, 1.82) is 5.26 Å². The largest absolute Gasteiger partial charge is 0.464 e. The molecule has 0 saturated heterocycles. The summed E-state index contributed by atoms with van der Waals surface area (Å²) in [5, 5.41) is 11.7. The fraction of sp³-hybridized carbons (Fsp3) is 0.143. The molecule has 2 rings (SSSR count). The Morgan fingerprint density at radius 2 is 2.00 bits per heavy atom. The smallest absolute Gasteiger partial charge is 0.358 e. The van der Waals surface area contributed by atoms with Gasteiger partial charge in [0.15, 0.2) is 5.69 Å². The third-order valence-electron chi connectivity index (χ3n) is 2.83. The van der Waals surface area contributed by atoms with Crippen molar-refractivity contribution in [2.75, 3.05) is 17.9 Å². The highest BCUT2D eigenvalue weighted by Crippen LogP contribution is 2.11. The Kier molecular flexibility index (Phi) is 4.38. The van der Waals surface area contributed by atoms with E-state index < -0.39 is 12.0 Å². The lowest BCUT2D eigenvalue weighted by molar-refractivity contribution is 0.0593. The standard InChI is InChI=1S/C14H13N5O3/c1-9-12(13(20)22-2)17-11(8-15)19(9)18-14(21)16-10-6-4-3-5-7-10/h3-7H,1-2H3,(H2,16,18,21). The first-order valence-corrected chi connectivity index (χ1v) is 6.27. The van der Waals surface area contributed by atoms with Crippen LogP contribution < -0.4 is 10.7 Å². The number of carbonyl (C=O) groups is 2. The number of amides is 2. The van der Waals surface area contributed by atoms with Gasteiger partial charge in [-0.25, -0.2) is 24.7 Å².